The van der Waals surface area contributed by atoms with Gasteiger partial charge in [-0.05, 0) is 45.8 Å². The van der Waals surface area contributed by atoms with Crippen molar-refractivity contribution < 1.29 is 5.11 Å². The van der Waals surface area contributed by atoms with E-state index in [1.54, 1.807) is 6.20 Å². The predicted octanol–water partition coefficient (Wildman–Crippen LogP) is 3.68. The van der Waals surface area contributed by atoms with Gasteiger partial charge in [-0.25, -0.2) is 0 Å². The molecule has 0 aliphatic carbocycles. The Morgan fingerprint density at radius 3 is 2.18 bits per heavy atom. The highest BCUT2D eigenvalue weighted by atomic mass is 79.9. The Hall–Kier alpha value is -0.410. The van der Waals surface area contributed by atoms with E-state index in [0.29, 0.717) is 24.2 Å². The Balaban J connectivity index is 2.69. The fourth-order valence-electron chi connectivity index (χ4n) is 2.54. The van der Waals surface area contributed by atoms with Crippen LogP contribution in [0.25, 0.3) is 0 Å². The first-order chi connectivity index (χ1) is 7.91. The fourth-order valence-corrected chi connectivity index (χ4v) is 2.77. The first-order valence-corrected chi connectivity index (χ1v) is 6.99. The molecule has 1 aromatic heterocycles. The van der Waals surface area contributed by atoms with Gasteiger partial charge in [-0.2, -0.15) is 0 Å². The van der Waals surface area contributed by atoms with E-state index in [-0.39, 0.29) is 6.10 Å². The highest BCUT2D eigenvalue weighted by Gasteiger charge is 2.26. The van der Waals surface area contributed by atoms with Gasteiger partial charge >= 0.3 is 0 Å². The summed E-state index contributed by atoms with van der Waals surface area (Å²) in [5.41, 5.74) is 0.951. The summed E-state index contributed by atoms with van der Waals surface area (Å²) in [6, 6.07) is 3.93. The second-order valence-electron chi connectivity index (χ2n) is 5.30. The molecule has 0 fully saturated rings. The quantitative estimate of drug-likeness (QED) is 0.900. The van der Waals surface area contributed by atoms with E-state index >= 15 is 0 Å². The van der Waals surface area contributed by atoms with Crippen molar-refractivity contribution in [3.8, 4) is 0 Å². The summed E-state index contributed by atoms with van der Waals surface area (Å²) < 4.78 is 0.972. The van der Waals surface area contributed by atoms with Gasteiger partial charge in [0.25, 0.3) is 0 Å². The lowest BCUT2D eigenvalue weighted by atomic mass is 9.80. The normalized spacial score (nSPS) is 13.7. The minimum atomic E-state index is -0.316. The van der Waals surface area contributed by atoms with Crippen LogP contribution in [0, 0.1) is 17.8 Å². The number of pyridine rings is 1. The second-order valence-corrected chi connectivity index (χ2v) is 6.22. The predicted molar refractivity (Wildman–Crippen MR) is 74.8 cm³/mol. The van der Waals surface area contributed by atoms with Gasteiger partial charge in [0.2, 0.25) is 0 Å². The van der Waals surface area contributed by atoms with Crippen LogP contribution in [0.5, 0.6) is 0 Å². The lowest BCUT2D eigenvalue weighted by Crippen LogP contribution is -2.31. The molecule has 0 aromatic carbocycles. The van der Waals surface area contributed by atoms with Crippen molar-refractivity contribution in [2.45, 2.75) is 40.2 Å². The lowest BCUT2D eigenvalue weighted by Gasteiger charge is -2.29. The molecule has 1 rings (SSSR count). The van der Waals surface area contributed by atoms with Crippen molar-refractivity contribution in [1.29, 1.82) is 0 Å². The Bertz CT molecular complexity index is 327. The largest absolute Gasteiger partial charge is 0.392 e. The van der Waals surface area contributed by atoms with Crippen molar-refractivity contribution in [2.75, 3.05) is 0 Å². The average molecular weight is 300 g/mol. The first-order valence-electron chi connectivity index (χ1n) is 6.20. The average Bonchev–Trinajstić information content (AvgIpc) is 2.20. The van der Waals surface area contributed by atoms with E-state index in [9.17, 15) is 5.11 Å². The molecule has 0 saturated carbocycles. The van der Waals surface area contributed by atoms with Gasteiger partial charge in [-0.3, -0.25) is 4.98 Å². The van der Waals surface area contributed by atoms with E-state index in [0.717, 1.165) is 10.2 Å². The van der Waals surface area contributed by atoms with Crippen LogP contribution in [0.2, 0.25) is 0 Å². The number of hydrogen-bond donors (Lipinski definition) is 1. The molecule has 0 saturated heterocycles. The number of halogens is 1. The molecule has 0 spiro atoms. The number of nitrogens with zero attached hydrogens (tertiary/aromatic N) is 1. The molecule has 2 nitrogen and oxygen atoms in total. The molecular weight excluding hydrogens is 278 g/mol. The highest BCUT2D eigenvalue weighted by molar-refractivity contribution is 9.10. The van der Waals surface area contributed by atoms with Crippen molar-refractivity contribution in [3.05, 3.63) is 28.5 Å². The first kappa shape index (κ1) is 14.7. The topological polar surface area (TPSA) is 33.1 Å². The molecule has 3 heteroatoms. The van der Waals surface area contributed by atoms with E-state index in [4.69, 9.17) is 0 Å². The molecule has 0 aliphatic rings. The van der Waals surface area contributed by atoms with Crippen LogP contribution in [-0.2, 0) is 6.42 Å². The summed E-state index contributed by atoms with van der Waals surface area (Å²) in [6.07, 6.45) is 2.10. The number of aliphatic hydroxyl groups excluding tert-OH is 1. The smallest absolute Gasteiger partial charge is 0.0628 e. The molecule has 0 aliphatic heterocycles. The van der Waals surface area contributed by atoms with Crippen LogP contribution >= 0.6 is 15.9 Å². The second kappa shape index (κ2) is 6.50. The number of aliphatic hydroxyl groups is 1. The Morgan fingerprint density at radius 2 is 1.76 bits per heavy atom. The van der Waals surface area contributed by atoms with Crippen LogP contribution in [-0.4, -0.2) is 16.2 Å². The van der Waals surface area contributed by atoms with Gasteiger partial charge < -0.3 is 5.11 Å². The maximum Gasteiger partial charge on any atom is 0.0628 e. The van der Waals surface area contributed by atoms with Gasteiger partial charge in [0, 0.05) is 22.8 Å². The molecule has 1 N–H and O–H groups in total. The summed E-state index contributed by atoms with van der Waals surface area (Å²) >= 11 is 3.36. The van der Waals surface area contributed by atoms with E-state index in [1.165, 1.54) is 0 Å². The van der Waals surface area contributed by atoms with Gasteiger partial charge in [-0.1, -0.05) is 27.7 Å². The van der Waals surface area contributed by atoms with Gasteiger partial charge in [0.15, 0.2) is 0 Å². The van der Waals surface area contributed by atoms with Gasteiger partial charge in [0.05, 0.1) is 6.10 Å². The molecule has 0 bridgehead atoms. The Kier molecular flexibility index (Phi) is 5.60. The van der Waals surface area contributed by atoms with Crippen molar-refractivity contribution >= 4 is 15.9 Å². The third-order valence-corrected chi connectivity index (χ3v) is 3.66. The maximum atomic E-state index is 10.3. The number of rotatable bonds is 5. The molecule has 0 amide bonds. The van der Waals surface area contributed by atoms with Gasteiger partial charge in [-0.15, -0.1) is 0 Å². The SMILES string of the molecule is CC(C)C(C(C)C)C(O)Cc1ccc(Br)cn1. The maximum absolute atomic E-state index is 10.3. The highest BCUT2D eigenvalue weighted by Crippen LogP contribution is 2.26. The molecule has 1 unspecified atom stereocenters. The standard InChI is InChI=1S/C14H22BrNO/c1-9(2)14(10(3)4)13(17)7-12-6-5-11(15)8-16-12/h5-6,8-10,13-14,17H,7H2,1-4H3. The summed E-state index contributed by atoms with van der Waals surface area (Å²) in [7, 11) is 0. The molecule has 1 atom stereocenters. The van der Waals surface area contributed by atoms with E-state index in [1.807, 2.05) is 12.1 Å². The summed E-state index contributed by atoms with van der Waals surface area (Å²) in [4.78, 5) is 4.31. The van der Waals surface area contributed by atoms with Crippen molar-refractivity contribution in [3.63, 3.8) is 0 Å². The lowest BCUT2D eigenvalue weighted by molar-refractivity contribution is 0.0529. The van der Waals surface area contributed by atoms with Crippen LogP contribution in [0.4, 0.5) is 0 Å². The minimum Gasteiger partial charge on any atom is -0.392 e. The molecule has 96 valence electrons. The van der Waals surface area contributed by atoms with Crippen molar-refractivity contribution in [1.82, 2.24) is 4.98 Å². The van der Waals surface area contributed by atoms with E-state index in [2.05, 4.69) is 48.6 Å². The zero-order chi connectivity index (χ0) is 13.0. The van der Waals surface area contributed by atoms with Crippen LogP contribution in [0.1, 0.15) is 33.4 Å². The number of hydrogen-bond acceptors (Lipinski definition) is 2. The van der Waals surface area contributed by atoms with E-state index < -0.39 is 0 Å². The van der Waals surface area contributed by atoms with Crippen LogP contribution in [0.15, 0.2) is 22.8 Å². The van der Waals surface area contributed by atoms with Crippen LogP contribution < -0.4 is 0 Å². The van der Waals surface area contributed by atoms with Gasteiger partial charge in [0.1, 0.15) is 0 Å². The minimum absolute atomic E-state index is 0.316. The third-order valence-electron chi connectivity index (χ3n) is 3.19. The fraction of sp³-hybridized carbons (Fsp3) is 0.643. The third kappa shape index (κ3) is 4.40. The zero-order valence-corrected chi connectivity index (χ0v) is 12.6. The summed E-state index contributed by atoms with van der Waals surface area (Å²) in [5.74, 6) is 1.29. The molecule has 17 heavy (non-hydrogen) atoms. The van der Waals surface area contributed by atoms with Crippen LogP contribution in [0.3, 0.4) is 0 Å². The molecular formula is C14H22BrNO. The Morgan fingerprint density at radius 1 is 1.18 bits per heavy atom. The summed E-state index contributed by atoms with van der Waals surface area (Å²) in [6.45, 7) is 8.68. The zero-order valence-electron chi connectivity index (χ0n) is 11.0. The molecule has 0 radical (unpaired) electrons. The molecule has 1 heterocycles. The molecule has 1 aromatic rings. The van der Waals surface area contributed by atoms with Crippen molar-refractivity contribution in [2.24, 2.45) is 17.8 Å². The number of aromatic nitrogens is 1. The Labute approximate surface area is 113 Å². The monoisotopic (exact) mass is 299 g/mol. The summed E-state index contributed by atoms with van der Waals surface area (Å²) in [5, 5.41) is 10.3.